The number of para-hydroxylation sites is 2. The van der Waals surface area contributed by atoms with Gasteiger partial charge in [0.15, 0.2) is 29.4 Å². The van der Waals surface area contributed by atoms with Gasteiger partial charge in [-0.3, -0.25) is 0 Å². The van der Waals surface area contributed by atoms with E-state index in [-0.39, 0.29) is 5.41 Å². The first-order valence-corrected chi connectivity index (χ1v) is 16.4. The van der Waals surface area contributed by atoms with Gasteiger partial charge in [-0.05, 0) is 40.5 Å². The highest BCUT2D eigenvalue weighted by molar-refractivity contribution is 6.13. The summed E-state index contributed by atoms with van der Waals surface area (Å²) in [4.78, 5) is 19.3. The van der Waals surface area contributed by atoms with Crippen LogP contribution in [0.5, 0.6) is 0 Å². The van der Waals surface area contributed by atoms with Crippen molar-refractivity contribution in [3.05, 3.63) is 145 Å². The van der Waals surface area contributed by atoms with Gasteiger partial charge in [0.1, 0.15) is 16.7 Å². The van der Waals surface area contributed by atoms with Crippen molar-refractivity contribution in [1.82, 2.24) is 19.9 Å². The molecular weight excluding hydrogens is 604 g/mol. The third-order valence-electron chi connectivity index (χ3n) is 9.91. The Labute approximate surface area is 281 Å². The highest BCUT2D eigenvalue weighted by atomic mass is 16.3. The minimum atomic E-state index is -0.161. The van der Waals surface area contributed by atoms with Crippen molar-refractivity contribution in [3.63, 3.8) is 0 Å². The summed E-state index contributed by atoms with van der Waals surface area (Å²) < 4.78 is 12.8. The summed E-state index contributed by atoms with van der Waals surface area (Å²) in [6.07, 6.45) is 1.53. The van der Waals surface area contributed by atoms with Crippen LogP contribution in [0.4, 0.5) is 0 Å². The van der Waals surface area contributed by atoms with E-state index in [1.165, 1.54) is 23.1 Å². The summed E-state index contributed by atoms with van der Waals surface area (Å²) in [6.45, 7) is 4.54. The van der Waals surface area contributed by atoms with Crippen LogP contribution in [0.15, 0.2) is 143 Å². The van der Waals surface area contributed by atoms with E-state index in [1.54, 1.807) is 0 Å². The van der Waals surface area contributed by atoms with Crippen LogP contribution in [0, 0.1) is 0 Å². The molecule has 49 heavy (non-hydrogen) atoms. The third-order valence-corrected chi connectivity index (χ3v) is 9.91. The second kappa shape index (κ2) is 10.3. The van der Waals surface area contributed by atoms with Crippen LogP contribution in [0.1, 0.15) is 25.0 Å². The first-order chi connectivity index (χ1) is 24.0. The van der Waals surface area contributed by atoms with E-state index in [1.807, 2.05) is 72.8 Å². The molecule has 6 aromatic carbocycles. The van der Waals surface area contributed by atoms with Gasteiger partial charge in [-0.2, -0.15) is 0 Å². The number of hydrogen-bond acceptors (Lipinski definition) is 6. The van der Waals surface area contributed by atoms with Crippen LogP contribution in [0.3, 0.4) is 0 Å². The second-order valence-corrected chi connectivity index (χ2v) is 13.1. The van der Waals surface area contributed by atoms with Crippen molar-refractivity contribution in [2.24, 2.45) is 0 Å². The standard InChI is InChI=1S/C43H28N4O2/c1-43(2)33-20-19-27(23-32(33)36-34(43)21-22-35-39(36)48-24-44-35)28-15-9-16-29-30-17-10-18-31(38(30)49-37(28)29)42-46-40(25-11-5-3-6-12-25)45-41(47-42)26-13-7-4-8-14-26/h3-24H,1-2H3. The molecule has 0 amide bonds. The smallest absolute Gasteiger partial charge is 0.182 e. The molecule has 0 fully saturated rings. The predicted octanol–water partition coefficient (Wildman–Crippen LogP) is 10.9. The van der Waals surface area contributed by atoms with Crippen molar-refractivity contribution in [2.75, 3.05) is 0 Å². The summed E-state index contributed by atoms with van der Waals surface area (Å²) in [5.74, 6) is 1.78. The van der Waals surface area contributed by atoms with Crippen LogP contribution >= 0.6 is 0 Å². The first kappa shape index (κ1) is 27.7. The highest BCUT2D eigenvalue weighted by Gasteiger charge is 2.37. The van der Waals surface area contributed by atoms with Crippen molar-refractivity contribution >= 4 is 33.0 Å². The Morgan fingerprint density at radius 2 is 1.10 bits per heavy atom. The number of hydrogen-bond donors (Lipinski definition) is 0. The molecular formula is C43H28N4O2. The number of fused-ring (bicyclic) bond motifs is 8. The number of rotatable bonds is 4. The lowest BCUT2D eigenvalue weighted by Gasteiger charge is -2.21. The summed E-state index contributed by atoms with van der Waals surface area (Å²) in [5.41, 5.74) is 12.6. The van der Waals surface area contributed by atoms with Crippen LogP contribution in [-0.2, 0) is 5.41 Å². The summed E-state index contributed by atoms with van der Waals surface area (Å²) in [5, 5.41) is 2.04. The molecule has 0 saturated heterocycles. The van der Waals surface area contributed by atoms with Crippen molar-refractivity contribution in [2.45, 2.75) is 19.3 Å². The second-order valence-electron chi connectivity index (χ2n) is 13.1. The maximum absolute atomic E-state index is 6.87. The molecule has 3 heterocycles. The fraction of sp³-hybridized carbons (Fsp3) is 0.0698. The van der Waals surface area contributed by atoms with Crippen LogP contribution in [0.25, 0.3) is 89.5 Å². The van der Waals surface area contributed by atoms with Gasteiger partial charge in [0.2, 0.25) is 0 Å². The Kier molecular flexibility index (Phi) is 5.82. The topological polar surface area (TPSA) is 77.8 Å². The molecule has 0 N–H and O–H groups in total. The quantitative estimate of drug-likeness (QED) is 0.192. The maximum Gasteiger partial charge on any atom is 0.182 e. The summed E-state index contributed by atoms with van der Waals surface area (Å²) in [6, 6.07) is 43.5. The fourth-order valence-corrected chi connectivity index (χ4v) is 7.48. The molecule has 3 aromatic heterocycles. The van der Waals surface area contributed by atoms with Gasteiger partial charge in [-0.15, -0.1) is 0 Å². The molecule has 6 nitrogen and oxygen atoms in total. The van der Waals surface area contributed by atoms with Crippen molar-refractivity contribution in [3.8, 4) is 56.4 Å². The van der Waals surface area contributed by atoms with E-state index in [0.717, 1.165) is 66.4 Å². The van der Waals surface area contributed by atoms with E-state index in [9.17, 15) is 0 Å². The molecule has 0 aliphatic heterocycles. The molecule has 6 heteroatoms. The van der Waals surface area contributed by atoms with Gasteiger partial charge in [0.25, 0.3) is 0 Å². The SMILES string of the molecule is CC1(C)c2ccc(-c3cccc4c3oc3c(-c5nc(-c6ccccc6)nc(-c6ccccc6)n5)cccc34)cc2-c2c1ccc1ncoc21. The molecule has 1 aliphatic rings. The Morgan fingerprint density at radius 3 is 1.80 bits per heavy atom. The Morgan fingerprint density at radius 1 is 0.490 bits per heavy atom. The molecule has 0 atom stereocenters. The lowest BCUT2D eigenvalue weighted by atomic mass is 9.82. The molecule has 232 valence electrons. The number of furan rings is 1. The molecule has 9 aromatic rings. The zero-order valence-electron chi connectivity index (χ0n) is 26.8. The van der Waals surface area contributed by atoms with Gasteiger partial charge in [-0.1, -0.05) is 123 Å². The van der Waals surface area contributed by atoms with Crippen LogP contribution < -0.4 is 0 Å². The third kappa shape index (κ3) is 4.14. The van der Waals surface area contributed by atoms with E-state index in [2.05, 4.69) is 73.4 Å². The molecule has 0 unspecified atom stereocenters. The minimum Gasteiger partial charge on any atom is -0.455 e. The van der Waals surface area contributed by atoms with E-state index < -0.39 is 0 Å². The average molecular weight is 633 g/mol. The monoisotopic (exact) mass is 632 g/mol. The lowest BCUT2D eigenvalue weighted by Crippen LogP contribution is -2.14. The first-order valence-electron chi connectivity index (χ1n) is 16.4. The van der Waals surface area contributed by atoms with Crippen LogP contribution in [-0.4, -0.2) is 19.9 Å². The number of nitrogens with zero attached hydrogens (tertiary/aromatic N) is 4. The summed E-state index contributed by atoms with van der Waals surface area (Å²) >= 11 is 0. The van der Waals surface area contributed by atoms with Gasteiger partial charge in [0, 0.05) is 38.4 Å². The van der Waals surface area contributed by atoms with E-state index >= 15 is 0 Å². The van der Waals surface area contributed by atoms with E-state index in [4.69, 9.17) is 23.8 Å². The Bertz CT molecular complexity index is 2690. The molecule has 0 radical (unpaired) electrons. The van der Waals surface area contributed by atoms with Gasteiger partial charge in [-0.25, -0.2) is 19.9 Å². The normalized spacial score (nSPS) is 13.3. The Hall–Kier alpha value is -6.40. The van der Waals surface area contributed by atoms with Crippen molar-refractivity contribution < 1.29 is 8.83 Å². The zero-order valence-corrected chi connectivity index (χ0v) is 26.8. The maximum atomic E-state index is 6.87. The lowest BCUT2D eigenvalue weighted by molar-refractivity contribution is 0.601. The molecule has 0 bridgehead atoms. The van der Waals surface area contributed by atoms with Gasteiger partial charge < -0.3 is 8.83 Å². The van der Waals surface area contributed by atoms with Crippen molar-refractivity contribution in [1.29, 1.82) is 0 Å². The molecule has 0 spiro atoms. The molecule has 10 rings (SSSR count). The number of benzene rings is 6. The van der Waals surface area contributed by atoms with Gasteiger partial charge >= 0.3 is 0 Å². The minimum absolute atomic E-state index is 0.161. The number of aromatic nitrogens is 4. The largest absolute Gasteiger partial charge is 0.455 e. The zero-order chi connectivity index (χ0) is 32.7. The predicted molar refractivity (Wildman–Crippen MR) is 194 cm³/mol. The Balaban J connectivity index is 1.17. The average Bonchev–Trinajstić information content (AvgIpc) is 3.85. The summed E-state index contributed by atoms with van der Waals surface area (Å²) in [7, 11) is 0. The van der Waals surface area contributed by atoms with Crippen LogP contribution in [0.2, 0.25) is 0 Å². The highest BCUT2D eigenvalue weighted by Crippen LogP contribution is 2.52. The van der Waals surface area contributed by atoms with E-state index in [0.29, 0.717) is 17.5 Å². The van der Waals surface area contributed by atoms with Gasteiger partial charge in [0.05, 0.1) is 5.56 Å². The molecule has 1 aliphatic carbocycles. The fourth-order valence-electron chi connectivity index (χ4n) is 7.48. The molecule has 0 saturated carbocycles. The number of oxazole rings is 1.